The van der Waals surface area contributed by atoms with Crippen molar-refractivity contribution >= 4 is 32.8 Å². The Hall–Kier alpha value is -3.13. The van der Waals surface area contributed by atoms with Gasteiger partial charge in [-0.25, -0.2) is 13.4 Å². The van der Waals surface area contributed by atoms with Crippen LogP contribution in [0.15, 0.2) is 54.1 Å². The van der Waals surface area contributed by atoms with Gasteiger partial charge in [0.25, 0.3) is 0 Å². The number of hydrogen-bond donors (Lipinski definition) is 2. The quantitative estimate of drug-likeness (QED) is 0.381. The van der Waals surface area contributed by atoms with Crippen LogP contribution in [0.25, 0.3) is 5.57 Å². The van der Waals surface area contributed by atoms with Crippen molar-refractivity contribution < 1.29 is 13.2 Å². The third-order valence-electron chi connectivity index (χ3n) is 6.61. The Kier molecular flexibility index (Phi) is 9.31. The zero-order chi connectivity index (χ0) is 26.3. The van der Waals surface area contributed by atoms with Crippen LogP contribution in [0.2, 0.25) is 0 Å². The van der Waals surface area contributed by atoms with E-state index in [-0.39, 0.29) is 10.8 Å². The molecule has 1 aliphatic rings. The maximum Gasteiger partial charge on any atom is 0.220 e. The number of aromatic nitrogens is 1. The number of carbonyl (C=O) groups is 1. The fourth-order valence-corrected chi connectivity index (χ4v) is 4.78. The van der Waals surface area contributed by atoms with Crippen molar-refractivity contribution in [1.29, 1.82) is 0 Å². The fraction of sp³-hybridized carbons (Fsp3) is 0.429. The third kappa shape index (κ3) is 7.20. The Morgan fingerprint density at radius 2 is 1.86 bits per heavy atom. The van der Waals surface area contributed by atoms with Crippen LogP contribution in [0.1, 0.15) is 75.1 Å². The van der Waals surface area contributed by atoms with Crippen LogP contribution in [0.4, 0.5) is 11.5 Å². The Labute approximate surface area is 215 Å². The van der Waals surface area contributed by atoms with Crippen LogP contribution in [-0.4, -0.2) is 32.1 Å². The largest absolute Gasteiger partial charge is 0.398 e. The highest BCUT2D eigenvalue weighted by Crippen LogP contribution is 2.37. The van der Waals surface area contributed by atoms with E-state index < -0.39 is 9.84 Å². The Morgan fingerprint density at radius 1 is 1.17 bits per heavy atom. The summed E-state index contributed by atoms with van der Waals surface area (Å²) >= 11 is 0. The number of nitrogen functional groups attached to an aromatic ring is 1. The zero-order valence-electron chi connectivity index (χ0n) is 21.6. The molecule has 0 saturated carbocycles. The molecule has 1 aromatic carbocycles. The molecule has 0 fully saturated rings. The average Bonchev–Trinajstić information content (AvgIpc) is 2.84. The average molecular weight is 511 g/mol. The molecule has 7 nitrogen and oxygen atoms in total. The second-order valence-electron chi connectivity index (χ2n) is 9.54. The lowest BCUT2D eigenvalue weighted by Gasteiger charge is -2.28. The number of benzene rings is 1. The van der Waals surface area contributed by atoms with E-state index in [0.717, 1.165) is 72.5 Å². The maximum absolute atomic E-state index is 12.2. The van der Waals surface area contributed by atoms with Crippen molar-refractivity contribution in [3.05, 3.63) is 66.0 Å². The van der Waals surface area contributed by atoms with E-state index in [0.29, 0.717) is 18.9 Å². The van der Waals surface area contributed by atoms with Gasteiger partial charge in [-0.2, -0.15) is 0 Å². The van der Waals surface area contributed by atoms with Gasteiger partial charge in [0.2, 0.25) is 5.91 Å². The van der Waals surface area contributed by atoms with E-state index in [1.807, 2.05) is 18.3 Å². The molecule has 3 rings (SSSR count). The van der Waals surface area contributed by atoms with E-state index in [1.165, 1.54) is 6.26 Å². The summed E-state index contributed by atoms with van der Waals surface area (Å²) in [6, 6.07) is 8.57. The fourth-order valence-electron chi connectivity index (χ4n) is 4.15. The van der Waals surface area contributed by atoms with Gasteiger partial charge in [0.05, 0.1) is 4.90 Å². The highest BCUT2D eigenvalue weighted by atomic mass is 32.2. The molecular formula is C28H38N4O3S. The number of anilines is 2. The minimum atomic E-state index is -3.21. The Bertz CT molecular complexity index is 1220. The molecule has 1 aromatic heterocycles. The number of hydrogen-bond acceptors (Lipinski definition) is 6. The topological polar surface area (TPSA) is 105 Å². The summed E-state index contributed by atoms with van der Waals surface area (Å²) in [4.78, 5) is 19.5. The van der Waals surface area contributed by atoms with Gasteiger partial charge in [0, 0.05) is 48.9 Å². The van der Waals surface area contributed by atoms with Crippen LogP contribution in [0.3, 0.4) is 0 Å². The summed E-state index contributed by atoms with van der Waals surface area (Å²) in [6.45, 7) is 9.68. The molecule has 1 aliphatic heterocycles. The highest BCUT2D eigenvalue weighted by Gasteiger charge is 2.21. The number of nitrogens with two attached hydrogens (primary N) is 1. The molecule has 0 saturated heterocycles. The molecule has 194 valence electrons. The minimum absolute atomic E-state index is 0.00541. The molecule has 1 atom stereocenters. The second kappa shape index (κ2) is 12.2. The lowest BCUT2D eigenvalue weighted by Crippen LogP contribution is -2.24. The number of carbonyl (C=O) groups excluding carboxylic acids is 1. The molecular weight excluding hydrogens is 472 g/mol. The third-order valence-corrected chi connectivity index (χ3v) is 7.74. The normalized spacial score (nSPS) is 14.0. The monoisotopic (exact) mass is 510 g/mol. The van der Waals surface area contributed by atoms with Crippen LogP contribution in [-0.2, 0) is 21.2 Å². The van der Waals surface area contributed by atoms with Crippen LogP contribution in [0, 0.1) is 0 Å². The molecule has 8 heteroatoms. The number of nitrogens with one attached hydrogen (secondary N) is 1. The van der Waals surface area contributed by atoms with Crippen LogP contribution in [0.5, 0.6) is 0 Å². The summed E-state index contributed by atoms with van der Waals surface area (Å²) in [5, 5.41) is 2.91. The van der Waals surface area contributed by atoms with Crippen molar-refractivity contribution in [3.8, 4) is 0 Å². The second-order valence-corrected chi connectivity index (χ2v) is 11.6. The molecule has 0 bridgehead atoms. The summed E-state index contributed by atoms with van der Waals surface area (Å²) < 4.78 is 23.1. The number of nitrogens with zero attached hydrogens (tertiary/aromatic N) is 2. The Morgan fingerprint density at radius 3 is 2.53 bits per heavy atom. The number of unbranched alkanes of at least 4 members (excludes halogenated alkanes) is 3. The van der Waals surface area contributed by atoms with Gasteiger partial charge in [-0.1, -0.05) is 45.4 Å². The van der Waals surface area contributed by atoms with Gasteiger partial charge in [-0.3, -0.25) is 4.79 Å². The number of sulfone groups is 1. The lowest BCUT2D eigenvalue weighted by molar-refractivity contribution is -0.121. The minimum Gasteiger partial charge on any atom is -0.398 e. The van der Waals surface area contributed by atoms with Gasteiger partial charge in [-0.15, -0.1) is 0 Å². The summed E-state index contributed by atoms with van der Waals surface area (Å²) in [5.74, 6) is 1.24. The standard InChI is InChI=1S/C28H38N4O3S/c1-5-20(2)25-18-24(29)27-21(3)15-17-32(28(27)31-25)16-9-7-6-8-10-26(33)30-19-22-11-13-23(14-12-22)36(4,34)35/h11-15,17-18,20H,3,5-10,16,19H2,1-2,4H3,(H2,29,31)(H,30,33). The smallest absolute Gasteiger partial charge is 0.220 e. The summed E-state index contributed by atoms with van der Waals surface area (Å²) in [6.07, 6.45) is 10.5. The molecule has 2 aromatic rings. The van der Waals surface area contributed by atoms with E-state index >= 15 is 0 Å². The van der Waals surface area contributed by atoms with Gasteiger partial charge < -0.3 is 16.0 Å². The zero-order valence-corrected chi connectivity index (χ0v) is 22.4. The molecule has 1 amide bonds. The molecule has 0 radical (unpaired) electrons. The summed E-state index contributed by atoms with van der Waals surface area (Å²) in [7, 11) is -3.21. The molecule has 0 spiro atoms. The van der Waals surface area contributed by atoms with Gasteiger partial charge in [0.15, 0.2) is 9.84 Å². The summed E-state index contributed by atoms with van der Waals surface area (Å²) in [5.41, 5.74) is 10.8. The highest BCUT2D eigenvalue weighted by molar-refractivity contribution is 7.90. The molecule has 0 aliphatic carbocycles. The maximum atomic E-state index is 12.2. The predicted molar refractivity (Wildman–Crippen MR) is 147 cm³/mol. The molecule has 2 heterocycles. The van der Waals surface area contributed by atoms with Crippen molar-refractivity contribution in [2.24, 2.45) is 0 Å². The van der Waals surface area contributed by atoms with E-state index in [9.17, 15) is 13.2 Å². The lowest BCUT2D eigenvalue weighted by atomic mass is 9.98. The first-order valence-electron chi connectivity index (χ1n) is 12.6. The van der Waals surface area contributed by atoms with E-state index in [2.05, 4.69) is 30.6 Å². The SMILES string of the molecule is C=C1C=CN(CCCCCCC(=O)NCc2ccc(S(C)(=O)=O)cc2)c2nc(C(C)CC)cc(N)c21. The first kappa shape index (κ1) is 27.5. The van der Waals surface area contributed by atoms with Gasteiger partial charge in [-0.05, 0) is 60.6 Å². The van der Waals surface area contributed by atoms with Crippen molar-refractivity contribution in [2.75, 3.05) is 23.4 Å². The van der Waals surface area contributed by atoms with E-state index in [1.54, 1.807) is 24.3 Å². The molecule has 36 heavy (non-hydrogen) atoms. The van der Waals surface area contributed by atoms with Crippen LogP contribution < -0.4 is 16.0 Å². The van der Waals surface area contributed by atoms with Gasteiger partial charge in [0.1, 0.15) is 5.82 Å². The number of allylic oxidation sites excluding steroid dienone is 2. The van der Waals surface area contributed by atoms with Crippen molar-refractivity contribution in [2.45, 2.75) is 69.7 Å². The number of fused-ring (bicyclic) bond motifs is 1. The molecule has 3 N–H and O–H groups in total. The van der Waals surface area contributed by atoms with Crippen molar-refractivity contribution in [3.63, 3.8) is 0 Å². The predicted octanol–water partition coefficient (Wildman–Crippen LogP) is 5.19. The first-order valence-corrected chi connectivity index (χ1v) is 14.5. The number of amides is 1. The number of pyridine rings is 1. The molecule has 1 unspecified atom stereocenters. The van der Waals surface area contributed by atoms with Gasteiger partial charge >= 0.3 is 0 Å². The van der Waals surface area contributed by atoms with Crippen LogP contribution >= 0.6 is 0 Å². The van der Waals surface area contributed by atoms with Crippen molar-refractivity contribution in [1.82, 2.24) is 10.3 Å². The first-order chi connectivity index (χ1) is 17.1. The number of rotatable bonds is 12. The Balaban J connectivity index is 1.41. The van der Waals surface area contributed by atoms with E-state index in [4.69, 9.17) is 10.7 Å².